The van der Waals surface area contributed by atoms with Crippen molar-refractivity contribution in [3.63, 3.8) is 0 Å². The summed E-state index contributed by atoms with van der Waals surface area (Å²) >= 11 is 7.39. The number of hydrogen-bond acceptors (Lipinski definition) is 4. The number of halogens is 1. The van der Waals surface area contributed by atoms with Gasteiger partial charge in [-0.05, 0) is 41.5 Å². The largest absolute Gasteiger partial charge is 0.280 e. The maximum Gasteiger partial charge on any atom is 0.280 e. The molecular formula is C22H16ClN3O2S. The molecule has 1 aliphatic rings. The standard InChI is InChI=1S/C22H16ClN3O2S/c23-18-8-6-17(7-9-18)22-26(25-20(27)16-10-12-24-13-11-16)21(28)19(29-22)14-15-4-2-1-3-5-15/h1-14,22H,(H,25,27). The topological polar surface area (TPSA) is 62.3 Å². The Balaban J connectivity index is 1.66. The Bertz CT molecular complexity index is 1060. The number of amides is 2. The molecule has 144 valence electrons. The maximum absolute atomic E-state index is 13.1. The van der Waals surface area contributed by atoms with Crippen LogP contribution in [0.3, 0.4) is 0 Å². The molecule has 1 fully saturated rings. The molecule has 3 aromatic rings. The third-order valence-corrected chi connectivity index (χ3v) is 5.82. The molecule has 1 unspecified atom stereocenters. The van der Waals surface area contributed by atoms with E-state index < -0.39 is 5.37 Å². The summed E-state index contributed by atoms with van der Waals surface area (Å²) in [5.41, 5.74) is 4.95. The summed E-state index contributed by atoms with van der Waals surface area (Å²) in [5, 5.41) is 1.57. The first-order chi connectivity index (χ1) is 14.1. The number of nitrogens with one attached hydrogen (secondary N) is 1. The fraction of sp³-hybridized carbons (Fsp3) is 0.0455. The van der Waals surface area contributed by atoms with Crippen molar-refractivity contribution < 1.29 is 9.59 Å². The molecule has 4 rings (SSSR count). The van der Waals surface area contributed by atoms with Crippen LogP contribution in [-0.2, 0) is 4.79 Å². The van der Waals surface area contributed by atoms with Gasteiger partial charge in [-0.25, -0.2) is 5.01 Å². The molecule has 0 radical (unpaired) electrons. The first-order valence-corrected chi connectivity index (χ1v) is 10.1. The fourth-order valence-electron chi connectivity index (χ4n) is 2.88. The van der Waals surface area contributed by atoms with Gasteiger partial charge in [0.2, 0.25) is 0 Å². The lowest BCUT2D eigenvalue weighted by molar-refractivity contribution is -0.128. The predicted molar refractivity (Wildman–Crippen MR) is 115 cm³/mol. The van der Waals surface area contributed by atoms with Crippen LogP contribution in [0, 0.1) is 0 Å². The van der Waals surface area contributed by atoms with Gasteiger partial charge in [0, 0.05) is 23.0 Å². The summed E-state index contributed by atoms with van der Waals surface area (Å²) in [6, 6.07) is 20.0. The molecule has 1 aromatic heterocycles. The van der Waals surface area contributed by atoms with Gasteiger partial charge in [-0.3, -0.25) is 20.0 Å². The average molecular weight is 422 g/mol. The minimum atomic E-state index is -0.402. The van der Waals surface area contributed by atoms with E-state index in [1.165, 1.54) is 29.2 Å². The zero-order chi connectivity index (χ0) is 20.2. The van der Waals surface area contributed by atoms with E-state index in [0.29, 0.717) is 15.5 Å². The Kier molecular flexibility index (Phi) is 5.64. The van der Waals surface area contributed by atoms with E-state index in [2.05, 4.69) is 10.4 Å². The third kappa shape index (κ3) is 4.34. The quantitative estimate of drug-likeness (QED) is 0.620. The minimum Gasteiger partial charge on any atom is -0.267 e. The van der Waals surface area contributed by atoms with Crippen molar-refractivity contribution in [2.45, 2.75) is 5.37 Å². The van der Waals surface area contributed by atoms with Crippen LogP contribution in [0.5, 0.6) is 0 Å². The first kappa shape index (κ1) is 19.2. The second-order valence-electron chi connectivity index (χ2n) is 6.29. The van der Waals surface area contributed by atoms with Crippen LogP contribution < -0.4 is 5.43 Å². The Morgan fingerprint density at radius 1 is 1.03 bits per heavy atom. The minimum absolute atomic E-state index is 0.263. The van der Waals surface area contributed by atoms with Gasteiger partial charge in [0.1, 0.15) is 5.37 Å². The normalized spacial score (nSPS) is 17.6. The zero-order valence-corrected chi connectivity index (χ0v) is 16.7. The van der Waals surface area contributed by atoms with E-state index >= 15 is 0 Å². The van der Waals surface area contributed by atoms with E-state index in [4.69, 9.17) is 11.6 Å². The number of carbonyl (C=O) groups is 2. The number of hydrogen-bond donors (Lipinski definition) is 1. The van der Waals surface area contributed by atoms with Crippen LogP contribution in [-0.4, -0.2) is 21.8 Å². The van der Waals surface area contributed by atoms with Crippen LogP contribution in [0.4, 0.5) is 0 Å². The lowest BCUT2D eigenvalue weighted by Crippen LogP contribution is -2.44. The summed E-state index contributed by atoms with van der Waals surface area (Å²) in [4.78, 5) is 30.2. The second-order valence-corrected chi connectivity index (χ2v) is 7.85. The van der Waals surface area contributed by atoms with Crippen LogP contribution in [0.25, 0.3) is 6.08 Å². The third-order valence-electron chi connectivity index (χ3n) is 4.32. The Hall–Kier alpha value is -3.09. The monoisotopic (exact) mass is 421 g/mol. The molecule has 29 heavy (non-hydrogen) atoms. The van der Waals surface area contributed by atoms with Gasteiger partial charge in [0.05, 0.1) is 4.91 Å². The zero-order valence-electron chi connectivity index (χ0n) is 15.2. The van der Waals surface area contributed by atoms with Crippen LogP contribution in [0.1, 0.15) is 26.9 Å². The molecule has 0 bridgehead atoms. The molecule has 0 saturated carbocycles. The van der Waals surface area contributed by atoms with Crippen molar-refractivity contribution >= 4 is 41.3 Å². The summed E-state index contributed by atoms with van der Waals surface area (Å²) in [7, 11) is 0. The number of carbonyl (C=O) groups excluding carboxylic acids is 2. The molecular weight excluding hydrogens is 406 g/mol. The first-order valence-electron chi connectivity index (χ1n) is 8.85. The molecule has 0 aliphatic carbocycles. The molecule has 1 atom stereocenters. The Morgan fingerprint density at radius 3 is 2.41 bits per heavy atom. The molecule has 2 aromatic carbocycles. The highest BCUT2D eigenvalue weighted by Gasteiger charge is 2.38. The summed E-state index contributed by atoms with van der Waals surface area (Å²) in [5.74, 6) is -0.637. The van der Waals surface area contributed by atoms with E-state index in [1.54, 1.807) is 24.3 Å². The van der Waals surface area contributed by atoms with E-state index in [1.807, 2.05) is 48.5 Å². The predicted octanol–water partition coefficient (Wildman–Crippen LogP) is 4.70. The Labute approximate surface area is 177 Å². The average Bonchev–Trinajstić information content (AvgIpc) is 3.05. The van der Waals surface area contributed by atoms with Crippen molar-refractivity contribution in [1.82, 2.24) is 15.4 Å². The second kappa shape index (κ2) is 8.51. The van der Waals surface area contributed by atoms with Gasteiger partial charge in [-0.2, -0.15) is 0 Å². The summed E-state index contributed by atoms with van der Waals surface area (Å²) < 4.78 is 0. The Morgan fingerprint density at radius 2 is 1.72 bits per heavy atom. The van der Waals surface area contributed by atoms with Gasteiger partial charge >= 0.3 is 0 Å². The number of rotatable bonds is 4. The molecule has 1 N–H and O–H groups in total. The van der Waals surface area contributed by atoms with Gasteiger partial charge in [-0.1, -0.05) is 65.8 Å². The van der Waals surface area contributed by atoms with Gasteiger partial charge in [0.15, 0.2) is 0 Å². The lowest BCUT2D eigenvalue weighted by Gasteiger charge is -2.24. The highest BCUT2D eigenvalue weighted by Crippen LogP contribution is 2.45. The van der Waals surface area contributed by atoms with Crippen molar-refractivity contribution in [3.05, 3.63) is 106 Å². The molecule has 1 saturated heterocycles. The van der Waals surface area contributed by atoms with E-state index in [9.17, 15) is 9.59 Å². The molecule has 5 nitrogen and oxygen atoms in total. The molecule has 7 heteroatoms. The number of thioether (sulfide) groups is 1. The lowest BCUT2D eigenvalue weighted by atomic mass is 10.2. The van der Waals surface area contributed by atoms with Crippen LogP contribution >= 0.6 is 23.4 Å². The van der Waals surface area contributed by atoms with Gasteiger partial charge in [0.25, 0.3) is 11.8 Å². The van der Waals surface area contributed by atoms with Crippen LogP contribution in [0.15, 0.2) is 84.0 Å². The molecule has 1 aliphatic heterocycles. The number of benzene rings is 2. The molecule has 0 spiro atoms. The van der Waals surface area contributed by atoms with Crippen LogP contribution in [0.2, 0.25) is 5.02 Å². The van der Waals surface area contributed by atoms with Crippen molar-refractivity contribution in [1.29, 1.82) is 0 Å². The number of pyridine rings is 1. The van der Waals surface area contributed by atoms with Gasteiger partial charge < -0.3 is 0 Å². The molecule has 2 amide bonds. The summed E-state index contributed by atoms with van der Waals surface area (Å²) in [6.45, 7) is 0. The highest BCUT2D eigenvalue weighted by atomic mass is 35.5. The van der Waals surface area contributed by atoms with E-state index in [0.717, 1.165) is 11.1 Å². The SMILES string of the molecule is O=C(NN1C(=O)C(=Cc2ccccc2)SC1c1ccc(Cl)cc1)c1ccncc1. The van der Waals surface area contributed by atoms with E-state index in [-0.39, 0.29) is 11.8 Å². The van der Waals surface area contributed by atoms with Crippen molar-refractivity contribution in [2.75, 3.05) is 0 Å². The van der Waals surface area contributed by atoms with Gasteiger partial charge in [-0.15, -0.1) is 0 Å². The number of aromatic nitrogens is 1. The maximum atomic E-state index is 13.1. The number of hydrazine groups is 1. The fourth-order valence-corrected chi connectivity index (χ4v) is 4.19. The number of nitrogens with zero attached hydrogens (tertiary/aromatic N) is 2. The molecule has 2 heterocycles. The highest BCUT2D eigenvalue weighted by molar-refractivity contribution is 8.04. The smallest absolute Gasteiger partial charge is 0.267 e. The van der Waals surface area contributed by atoms with Crippen molar-refractivity contribution in [3.8, 4) is 0 Å². The summed E-state index contributed by atoms with van der Waals surface area (Å²) in [6.07, 6.45) is 4.90. The van der Waals surface area contributed by atoms with Crippen molar-refractivity contribution in [2.24, 2.45) is 0 Å².